The molecule has 0 spiro atoms. The van der Waals surface area contributed by atoms with Gasteiger partial charge in [-0.2, -0.15) is 0 Å². The van der Waals surface area contributed by atoms with Crippen LogP contribution in [0.15, 0.2) is 23.8 Å². The molecule has 1 saturated carbocycles. The van der Waals surface area contributed by atoms with Gasteiger partial charge in [0, 0.05) is 5.56 Å². The second-order valence-electron chi connectivity index (χ2n) is 7.52. The van der Waals surface area contributed by atoms with Gasteiger partial charge in [-0.1, -0.05) is 24.6 Å². The fourth-order valence-electron chi connectivity index (χ4n) is 5.31. The summed E-state index contributed by atoms with van der Waals surface area (Å²) >= 11 is 0. The molecule has 3 atom stereocenters. The van der Waals surface area contributed by atoms with Gasteiger partial charge in [0.05, 0.1) is 13.2 Å². The number of aliphatic hydroxyl groups excluding tert-OH is 1. The van der Waals surface area contributed by atoms with Crippen molar-refractivity contribution in [3.8, 4) is 5.75 Å². The first-order valence-corrected chi connectivity index (χ1v) is 8.70. The molecule has 22 heavy (non-hydrogen) atoms. The lowest BCUT2D eigenvalue weighted by molar-refractivity contribution is 0.0290. The van der Waals surface area contributed by atoms with Gasteiger partial charge >= 0.3 is 0 Å². The Balaban J connectivity index is 1.81. The molecule has 0 bridgehead atoms. The van der Waals surface area contributed by atoms with E-state index in [-0.39, 0.29) is 6.10 Å². The summed E-state index contributed by atoms with van der Waals surface area (Å²) in [6.45, 7) is 2.46. The molecule has 1 fully saturated rings. The number of hydrogen-bond donors (Lipinski definition) is 1. The topological polar surface area (TPSA) is 29.5 Å². The highest BCUT2D eigenvalue weighted by atomic mass is 16.5. The molecule has 0 saturated heterocycles. The van der Waals surface area contributed by atoms with Crippen molar-refractivity contribution >= 4 is 5.57 Å². The van der Waals surface area contributed by atoms with Gasteiger partial charge in [0.2, 0.25) is 0 Å². The van der Waals surface area contributed by atoms with E-state index in [4.69, 9.17) is 4.74 Å². The molecule has 0 unspecified atom stereocenters. The van der Waals surface area contributed by atoms with Gasteiger partial charge in [0.15, 0.2) is 0 Å². The van der Waals surface area contributed by atoms with Gasteiger partial charge < -0.3 is 9.84 Å². The summed E-state index contributed by atoms with van der Waals surface area (Å²) in [7, 11) is 1.78. The Morgan fingerprint density at radius 3 is 2.86 bits per heavy atom. The SMILES string of the molecule is COc1cccc2c1CCC1=C2CC[C@@H]2C[C@H](O)CC[C@@]12C. The predicted molar refractivity (Wildman–Crippen MR) is 88.9 cm³/mol. The summed E-state index contributed by atoms with van der Waals surface area (Å²) in [4.78, 5) is 0. The van der Waals surface area contributed by atoms with Crippen molar-refractivity contribution in [3.63, 3.8) is 0 Å². The minimum Gasteiger partial charge on any atom is -0.496 e. The van der Waals surface area contributed by atoms with Crippen molar-refractivity contribution in [2.75, 3.05) is 7.11 Å². The van der Waals surface area contributed by atoms with E-state index in [1.807, 2.05) is 0 Å². The van der Waals surface area contributed by atoms with Crippen molar-refractivity contribution in [2.45, 2.75) is 58.0 Å². The molecule has 1 aromatic rings. The molecule has 0 heterocycles. The maximum absolute atomic E-state index is 10.1. The van der Waals surface area contributed by atoms with Crippen LogP contribution in [0.1, 0.15) is 56.6 Å². The number of allylic oxidation sites excluding steroid dienone is 2. The van der Waals surface area contributed by atoms with Crippen LogP contribution in [-0.2, 0) is 6.42 Å². The van der Waals surface area contributed by atoms with E-state index < -0.39 is 0 Å². The number of methoxy groups -OCH3 is 1. The smallest absolute Gasteiger partial charge is 0.122 e. The Morgan fingerprint density at radius 1 is 1.18 bits per heavy atom. The summed E-state index contributed by atoms with van der Waals surface area (Å²) < 4.78 is 5.58. The summed E-state index contributed by atoms with van der Waals surface area (Å²) in [5, 5.41) is 10.1. The summed E-state index contributed by atoms with van der Waals surface area (Å²) in [6.07, 6.45) is 7.71. The Hall–Kier alpha value is -1.28. The van der Waals surface area contributed by atoms with E-state index >= 15 is 0 Å². The quantitative estimate of drug-likeness (QED) is 0.835. The molecule has 118 valence electrons. The first kappa shape index (κ1) is 14.3. The molecule has 4 rings (SSSR count). The molecule has 0 radical (unpaired) electrons. The van der Waals surface area contributed by atoms with Crippen molar-refractivity contribution in [1.82, 2.24) is 0 Å². The van der Waals surface area contributed by atoms with E-state index in [9.17, 15) is 5.11 Å². The predicted octanol–water partition coefficient (Wildman–Crippen LogP) is 4.36. The van der Waals surface area contributed by atoms with Crippen LogP contribution in [-0.4, -0.2) is 18.3 Å². The minimum atomic E-state index is -0.0730. The number of rotatable bonds is 1. The Morgan fingerprint density at radius 2 is 2.05 bits per heavy atom. The van der Waals surface area contributed by atoms with Gasteiger partial charge in [-0.3, -0.25) is 0 Å². The van der Waals surface area contributed by atoms with Crippen LogP contribution in [0.4, 0.5) is 0 Å². The van der Waals surface area contributed by atoms with E-state index in [0.717, 1.165) is 31.4 Å². The highest BCUT2D eigenvalue weighted by Gasteiger charge is 2.46. The Kier molecular flexibility index (Phi) is 3.34. The standard InChI is InChI=1S/C20H26O2/c1-20-11-10-14(21)12-13(20)6-7-16-15-4-3-5-19(22-2)17(15)8-9-18(16)20/h3-5,13-14,21H,6-12H2,1-2H3/t13-,14-,20-/m1/s1. The third-order valence-electron chi connectivity index (χ3n) is 6.55. The summed E-state index contributed by atoms with van der Waals surface area (Å²) in [5.41, 5.74) is 6.44. The van der Waals surface area contributed by atoms with Crippen molar-refractivity contribution in [3.05, 3.63) is 34.9 Å². The maximum Gasteiger partial charge on any atom is 0.122 e. The molecular formula is C20H26O2. The lowest BCUT2D eigenvalue weighted by atomic mass is 9.55. The van der Waals surface area contributed by atoms with Crippen molar-refractivity contribution in [2.24, 2.45) is 11.3 Å². The fraction of sp³-hybridized carbons (Fsp3) is 0.600. The lowest BCUT2D eigenvalue weighted by Gasteiger charge is -2.50. The van der Waals surface area contributed by atoms with Crippen molar-refractivity contribution < 1.29 is 9.84 Å². The zero-order valence-corrected chi connectivity index (χ0v) is 13.7. The van der Waals surface area contributed by atoms with Gasteiger partial charge in [0.25, 0.3) is 0 Å². The number of benzene rings is 1. The van der Waals surface area contributed by atoms with Crippen LogP contribution in [0.5, 0.6) is 5.75 Å². The number of ether oxygens (including phenoxy) is 1. The molecule has 3 aliphatic carbocycles. The fourth-order valence-corrected chi connectivity index (χ4v) is 5.31. The van der Waals surface area contributed by atoms with Gasteiger partial charge in [-0.15, -0.1) is 0 Å². The molecule has 3 aliphatic rings. The number of hydrogen-bond acceptors (Lipinski definition) is 2. The number of aliphatic hydroxyl groups is 1. The molecule has 1 N–H and O–H groups in total. The number of fused-ring (bicyclic) bond motifs is 4. The first-order valence-electron chi connectivity index (χ1n) is 8.70. The average Bonchev–Trinajstić information content (AvgIpc) is 2.54. The first-order chi connectivity index (χ1) is 10.6. The largest absolute Gasteiger partial charge is 0.496 e. The van der Waals surface area contributed by atoms with Gasteiger partial charge in [-0.25, -0.2) is 0 Å². The van der Waals surface area contributed by atoms with E-state index in [1.54, 1.807) is 18.3 Å². The van der Waals surface area contributed by atoms with Gasteiger partial charge in [0.1, 0.15) is 5.75 Å². The molecule has 1 aromatic carbocycles. The third-order valence-corrected chi connectivity index (χ3v) is 6.55. The summed E-state index contributed by atoms with van der Waals surface area (Å²) in [6, 6.07) is 6.51. The normalized spacial score (nSPS) is 33.8. The second kappa shape index (κ2) is 5.13. The van der Waals surface area contributed by atoms with E-state index in [1.165, 1.54) is 30.4 Å². The monoisotopic (exact) mass is 298 g/mol. The van der Waals surface area contributed by atoms with E-state index in [2.05, 4.69) is 25.1 Å². The zero-order chi connectivity index (χ0) is 15.3. The molecule has 0 amide bonds. The third kappa shape index (κ3) is 1.96. The van der Waals surface area contributed by atoms with Crippen molar-refractivity contribution in [1.29, 1.82) is 0 Å². The second-order valence-corrected chi connectivity index (χ2v) is 7.52. The lowest BCUT2D eigenvalue weighted by Crippen LogP contribution is -2.41. The Labute approximate surface area is 133 Å². The highest BCUT2D eigenvalue weighted by Crippen LogP contribution is 2.57. The van der Waals surface area contributed by atoms with Crippen LogP contribution in [0, 0.1) is 11.3 Å². The molecule has 2 nitrogen and oxygen atoms in total. The Bertz CT molecular complexity index is 631. The van der Waals surface area contributed by atoms with Gasteiger partial charge in [-0.05, 0) is 73.5 Å². The van der Waals surface area contributed by atoms with Crippen LogP contribution >= 0.6 is 0 Å². The molecular weight excluding hydrogens is 272 g/mol. The highest BCUT2D eigenvalue weighted by molar-refractivity contribution is 5.76. The zero-order valence-electron chi connectivity index (χ0n) is 13.7. The summed E-state index contributed by atoms with van der Waals surface area (Å²) in [5.74, 6) is 1.72. The minimum absolute atomic E-state index is 0.0730. The molecule has 0 aliphatic heterocycles. The van der Waals surface area contributed by atoms with E-state index in [0.29, 0.717) is 11.3 Å². The van der Waals surface area contributed by atoms with Crippen LogP contribution in [0.2, 0.25) is 0 Å². The van der Waals surface area contributed by atoms with Crippen LogP contribution in [0.25, 0.3) is 5.57 Å². The molecule has 2 heteroatoms. The molecule has 0 aromatic heterocycles. The average molecular weight is 298 g/mol. The van der Waals surface area contributed by atoms with Crippen LogP contribution < -0.4 is 4.74 Å². The van der Waals surface area contributed by atoms with Crippen LogP contribution in [0.3, 0.4) is 0 Å². The maximum atomic E-state index is 10.1.